The molecule has 0 radical (unpaired) electrons. The van der Waals surface area contributed by atoms with Gasteiger partial charge in [-0.05, 0) is 25.5 Å². The van der Waals surface area contributed by atoms with Crippen LogP contribution in [0.25, 0.3) is 0 Å². The van der Waals surface area contributed by atoms with Crippen molar-refractivity contribution < 1.29 is 14.3 Å². The number of hydrogen-bond acceptors (Lipinski definition) is 4. The van der Waals surface area contributed by atoms with Gasteiger partial charge in [-0.3, -0.25) is 14.3 Å². The number of carbonyl (C=O) groups is 2. The molecule has 1 atom stereocenters. The first-order chi connectivity index (χ1) is 13.1. The van der Waals surface area contributed by atoms with Gasteiger partial charge in [0, 0.05) is 37.8 Å². The Hall–Kier alpha value is -2.83. The van der Waals surface area contributed by atoms with E-state index in [-0.39, 0.29) is 17.7 Å². The number of nitrogens with zero attached hydrogens (tertiary/aromatic N) is 3. The Bertz CT molecular complexity index is 802. The molecule has 3 rings (SSSR count). The lowest BCUT2D eigenvalue weighted by molar-refractivity contribution is -0.138. The quantitative estimate of drug-likeness (QED) is 0.806. The van der Waals surface area contributed by atoms with Crippen LogP contribution in [0, 0.1) is 12.8 Å². The predicted octanol–water partition coefficient (Wildman–Crippen LogP) is 1.76. The van der Waals surface area contributed by atoms with Crippen molar-refractivity contribution in [3.63, 3.8) is 0 Å². The SMILES string of the molecule is COc1ccccc1CN1C[C@@H](C(=O)NCCn2ccc(C)n2)CCC1=O. The van der Waals surface area contributed by atoms with Gasteiger partial charge in [0.15, 0.2) is 0 Å². The molecular weight excluding hydrogens is 344 g/mol. The Morgan fingerprint density at radius 3 is 2.89 bits per heavy atom. The predicted molar refractivity (Wildman–Crippen MR) is 101 cm³/mol. The molecule has 27 heavy (non-hydrogen) atoms. The Morgan fingerprint density at radius 1 is 1.33 bits per heavy atom. The van der Waals surface area contributed by atoms with Crippen LogP contribution in [0.3, 0.4) is 0 Å². The van der Waals surface area contributed by atoms with Gasteiger partial charge >= 0.3 is 0 Å². The topological polar surface area (TPSA) is 76.5 Å². The summed E-state index contributed by atoms with van der Waals surface area (Å²) in [6.45, 7) is 3.99. The van der Waals surface area contributed by atoms with Crippen molar-refractivity contribution in [3.8, 4) is 5.75 Å². The largest absolute Gasteiger partial charge is 0.496 e. The molecule has 0 bridgehead atoms. The molecule has 2 heterocycles. The highest BCUT2D eigenvalue weighted by molar-refractivity contribution is 5.83. The Kier molecular flexibility index (Phi) is 6.11. The van der Waals surface area contributed by atoms with Gasteiger partial charge in [0.1, 0.15) is 5.75 Å². The maximum atomic E-state index is 12.5. The van der Waals surface area contributed by atoms with Gasteiger partial charge in [-0.25, -0.2) is 0 Å². The minimum Gasteiger partial charge on any atom is -0.496 e. The summed E-state index contributed by atoms with van der Waals surface area (Å²) in [5, 5.41) is 7.28. The lowest BCUT2D eigenvalue weighted by Gasteiger charge is -2.32. The lowest BCUT2D eigenvalue weighted by Crippen LogP contribution is -2.45. The number of rotatable bonds is 7. The van der Waals surface area contributed by atoms with E-state index in [1.165, 1.54) is 0 Å². The summed E-state index contributed by atoms with van der Waals surface area (Å²) in [5.41, 5.74) is 1.91. The second-order valence-electron chi connectivity index (χ2n) is 6.83. The summed E-state index contributed by atoms with van der Waals surface area (Å²) in [6, 6.07) is 9.59. The average Bonchev–Trinajstić information content (AvgIpc) is 3.09. The number of para-hydroxylation sites is 1. The van der Waals surface area contributed by atoms with Crippen LogP contribution < -0.4 is 10.1 Å². The smallest absolute Gasteiger partial charge is 0.224 e. The standard InChI is InChI=1S/C20H26N4O3/c1-15-9-11-24(22-15)12-10-21-20(26)17-7-8-19(25)23(14-17)13-16-5-3-4-6-18(16)27-2/h3-6,9,11,17H,7-8,10,12-14H2,1-2H3,(H,21,26)/t17-/m0/s1. The second kappa shape index (κ2) is 8.70. The number of nitrogens with one attached hydrogen (secondary N) is 1. The fraction of sp³-hybridized carbons (Fsp3) is 0.450. The minimum absolute atomic E-state index is 0.00333. The van der Waals surface area contributed by atoms with Crippen LogP contribution in [-0.2, 0) is 22.7 Å². The molecule has 144 valence electrons. The molecule has 1 N–H and O–H groups in total. The number of methoxy groups -OCH3 is 1. The van der Waals surface area contributed by atoms with E-state index in [0.717, 1.165) is 17.0 Å². The first-order valence-electron chi connectivity index (χ1n) is 9.24. The van der Waals surface area contributed by atoms with Crippen molar-refractivity contribution in [2.24, 2.45) is 5.92 Å². The number of benzene rings is 1. The zero-order chi connectivity index (χ0) is 19.2. The molecule has 1 aromatic carbocycles. The van der Waals surface area contributed by atoms with E-state index in [2.05, 4.69) is 10.4 Å². The molecule has 7 heteroatoms. The zero-order valence-electron chi connectivity index (χ0n) is 15.9. The number of ether oxygens (including phenoxy) is 1. The fourth-order valence-electron chi connectivity index (χ4n) is 3.35. The van der Waals surface area contributed by atoms with Crippen molar-refractivity contribution in [3.05, 3.63) is 47.8 Å². The monoisotopic (exact) mass is 370 g/mol. The highest BCUT2D eigenvalue weighted by Gasteiger charge is 2.30. The molecule has 0 aliphatic carbocycles. The van der Waals surface area contributed by atoms with E-state index in [1.54, 1.807) is 12.0 Å². The third-order valence-corrected chi connectivity index (χ3v) is 4.84. The van der Waals surface area contributed by atoms with E-state index in [1.807, 2.05) is 48.1 Å². The van der Waals surface area contributed by atoms with Gasteiger partial charge in [0.2, 0.25) is 11.8 Å². The van der Waals surface area contributed by atoms with Crippen LogP contribution in [0.1, 0.15) is 24.1 Å². The maximum Gasteiger partial charge on any atom is 0.224 e. The molecule has 7 nitrogen and oxygen atoms in total. The molecule has 1 saturated heterocycles. The minimum atomic E-state index is -0.184. The molecule has 2 amide bonds. The van der Waals surface area contributed by atoms with Crippen LogP contribution in [0.4, 0.5) is 0 Å². The lowest BCUT2D eigenvalue weighted by atomic mass is 9.96. The summed E-state index contributed by atoms with van der Waals surface area (Å²) in [6.07, 6.45) is 2.88. The van der Waals surface area contributed by atoms with Gasteiger partial charge in [0.05, 0.1) is 25.3 Å². The van der Waals surface area contributed by atoms with Crippen LogP contribution in [0.15, 0.2) is 36.5 Å². The van der Waals surface area contributed by atoms with Crippen molar-refractivity contribution in [2.75, 3.05) is 20.2 Å². The maximum absolute atomic E-state index is 12.5. The Morgan fingerprint density at radius 2 is 2.15 bits per heavy atom. The number of hydrogen-bond donors (Lipinski definition) is 1. The Labute approximate surface area is 159 Å². The first-order valence-corrected chi connectivity index (χ1v) is 9.24. The van der Waals surface area contributed by atoms with Crippen LogP contribution >= 0.6 is 0 Å². The third-order valence-electron chi connectivity index (χ3n) is 4.84. The highest BCUT2D eigenvalue weighted by Crippen LogP contribution is 2.24. The summed E-state index contributed by atoms with van der Waals surface area (Å²) >= 11 is 0. The van der Waals surface area contributed by atoms with Gasteiger partial charge < -0.3 is 15.0 Å². The average molecular weight is 370 g/mol. The number of aryl methyl sites for hydroxylation is 1. The van der Waals surface area contributed by atoms with E-state index in [0.29, 0.717) is 39.0 Å². The van der Waals surface area contributed by atoms with Gasteiger partial charge in [-0.15, -0.1) is 0 Å². The van der Waals surface area contributed by atoms with Gasteiger partial charge in [0.25, 0.3) is 0 Å². The number of amides is 2. The molecule has 1 fully saturated rings. The summed E-state index contributed by atoms with van der Waals surface area (Å²) in [5.74, 6) is 0.650. The van der Waals surface area contributed by atoms with Crippen molar-refractivity contribution in [1.29, 1.82) is 0 Å². The van der Waals surface area contributed by atoms with Gasteiger partial charge in [-0.2, -0.15) is 5.10 Å². The summed E-state index contributed by atoms with van der Waals surface area (Å²) < 4.78 is 7.18. The number of likely N-dealkylation sites (tertiary alicyclic amines) is 1. The highest BCUT2D eigenvalue weighted by atomic mass is 16.5. The molecule has 0 saturated carbocycles. The molecular formula is C20H26N4O3. The fourth-order valence-corrected chi connectivity index (χ4v) is 3.35. The molecule has 1 aliphatic rings. The summed E-state index contributed by atoms with van der Waals surface area (Å²) in [4.78, 5) is 26.6. The van der Waals surface area contributed by atoms with Crippen LogP contribution in [-0.4, -0.2) is 46.7 Å². The van der Waals surface area contributed by atoms with Crippen LogP contribution in [0.5, 0.6) is 5.75 Å². The van der Waals surface area contributed by atoms with E-state index < -0.39 is 0 Å². The molecule has 1 aromatic heterocycles. The molecule has 0 unspecified atom stereocenters. The zero-order valence-corrected chi connectivity index (χ0v) is 15.9. The van der Waals surface area contributed by atoms with Crippen molar-refractivity contribution >= 4 is 11.8 Å². The number of piperidine rings is 1. The van der Waals surface area contributed by atoms with E-state index in [9.17, 15) is 9.59 Å². The first kappa shape index (κ1) is 18.9. The van der Waals surface area contributed by atoms with Gasteiger partial charge in [-0.1, -0.05) is 18.2 Å². The van der Waals surface area contributed by atoms with Crippen molar-refractivity contribution in [2.45, 2.75) is 32.9 Å². The molecule has 2 aromatic rings. The van der Waals surface area contributed by atoms with Crippen molar-refractivity contribution in [1.82, 2.24) is 20.0 Å². The number of carbonyl (C=O) groups excluding carboxylic acids is 2. The normalized spacial score (nSPS) is 17.0. The molecule has 0 spiro atoms. The van der Waals surface area contributed by atoms with E-state index >= 15 is 0 Å². The molecule has 1 aliphatic heterocycles. The third kappa shape index (κ3) is 4.87. The number of aromatic nitrogens is 2. The Balaban J connectivity index is 1.54. The summed E-state index contributed by atoms with van der Waals surface area (Å²) in [7, 11) is 1.62. The van der Waals surface area contributed by atoms with E-state index in [4.69, 9.17) is 4.74 Å². The van der Waals surface area contributed by atoms with Crippen LogP contribution in [0.2, 0.25) is 0 Å². The second-order valence-corrected chi connectivity index (χ2v) is 6.83.